The van der Waals surface area contributed by atoms with Crippen LogP contribution in [0.5, 0.6) is 0 Å². The van der Waals surface area contributed by atoms with E-state index in [1.54, 1.807) is 0 Å². The summed E-state index contributed by atoms with van der Waals surface area (Å²) in [7, 11) is -3.43. The van der Waals surface area contributed by atoms with Crippen molar-refractivity contribution in [2.45, 2.75) is 50.2 Å². The fraction of sp³-hybridized carbons (Fsp3) is 0.588. The summed E-state index contributed by atoms with van der Waals surface area (Å²) >= 11 is 0. The topological polar surface area (TPSA) is 88.0 Å². The summed E-state index contributed by atoms with van der Waals surface area (Å²) in [5, 5.41) is 9.13. The first-order chi connectivity index (χ1) is 11.5. The SMILES string of the molecule is O=S1(=O)CC2(CCCC2)OC(=N[C@@H](CCCO)c2ccccc2)N1. The Morgan fingerprint density at radius 3 is 2.62 bits per heavy atom. The number of amidine groups is 1. The second-order valence-electron chi connectivity index (χ2n) is 6.58. The third kappa shape index (κ3) is 4.08. The number of benzene rings is 1. The van der Waals surface area contributed by atoms with Crippen LogP contribution in [0.15, 0.2) is 35.3 Å². The van der Waals surface area contributed by atoms with E-state index in [0.29, 0.717) is 12.8 Å². The van der Waals surface area contributed by atoms with E-state index in [1.807, 2.05) is 30.3 Å². The predicted octanol–water partition coefficient (Wildman–Crippen LogP) is 2.12. The van der Waals surface area contributed by atoms with Gasteiger partial charge in [0.25, 0.3) is 6.02 Å². The lowest BCUT2D eigenvalue weighted by atomic mass is 10.0. The van der Waals surface area contributed by atoms with E-state index in [0.717, 1.165) is 31.2 Å². The summed E-state index contributed by atoms with van der Waals surface area (Å²) in [5.74, 6) is 0.00562. The summed E-state index contributed by atoms with van der Waals surface area (Å²) in [6.07, 6.45) is 4.68. The predicted molar refractivity (Wildman–Crippen MR) is 92.1 cm³/mol. The van der Waals surface area contributed by atoms with Crippen LogP contribution in [0.4, 0.5) is 0 Å². The summed E-state index contributed by atoms with van der Waals surface area (Å²) in [5.41, 5.74) is 0.355. The summed E-state index contributed by atoms with van der Waals surface area (Å²) in [6.45, 7) is 0.0741. The highest BCUT2D eigenvalue weighted by molar-refractivity contribution is 7.90. The number of hydrogen-bond donors (Lipinski definition) is 2. The van der Waals surface area contributed by atoms with Gasteiger partial charge < -0.3 is 9.84 Å². The molecule has 1 atom stereocenters. The number of aliphatic hydroxyl groups is 1. The van der Waals surface area contributed by atoms with Crippen molar-refractivity contribution in [3.05, 3.63) is 35.9 Å². The molecule has 2 fully saturated rings. The van der Waals surface area contributed by atoms with Crippen molar-refractivity contribution < 1.29 is 18.3 Å². The number of rotatable bonds is 5. The zero-order chi connectivity index (χ0) is 17.0. The Labute approximate surface area is 143 Å². The molecule has 132 valence electrons. The summed E-state index contributed by atoms with van der Waals surface area (Å²) < 4.78 is 32.9. The molecule has 1 aliphatic carbocycles. The molecule has 0 bridgehead atoms. The van der Waals surface area contributed by atoms with Gasteiger partial charge in [0.2, 0.25) is 10.0 Å². The first-order valence-electron chi connectivity index (χ1n) is 8.45. The van der Waals surface area contributed by atoms with E-state index in [9.17, 15) is 8.42 Å². The lowest BCUT2D eigenvalue weighted by molar-refractivity contribution is 0.0745. The van der Waals surface area contributed by atoms with Gasteiger partial charge in [0.1, 0.15) is 11.4 Å². The minimum absolute atomic E-state index is 0.00562. The molecule has 6 nitrogen and oxygen atoms in total. The number of aliphatic imine (C=N–C) groups is 1. The molecular formula is C17H24N2O4S. The van der Waals surface area contributed by atoms with Crippen molar-refractivity contribution in [1.82, 2.24) is 4.72 Å². The fourth-order valence-corrected chi connectivity index (χ4v) is 4.97. The quantitative estimate of drug-likeness (QED) is 0.850. The second-order valence-corrected chi connectivity index (χ2v) is 8.30. The van der Waals surface area contributed by atoms with Gasteiger partial charge in [-0.15, -0.1) is 0 Å². The normalized spacial score (nSPS) is 24.5. The molecule has 1 heterocycles. The smallest absolute Gasteiger partial charge is 0.299 e. The number of ether oxygens (including phenoxy) is 1. The Hall–Kier alpha value is -1.60. The summed E-state index contributed by atoms with van der Waals surface area (Å²) in [6, 6.07) is 9.52. The first kappa shape index (κ1) is 17.2. The van der Waals surface area contributed by atoms with Gasteiger partial charge in [-0.25, -0.2) is 18.1 Å². The van der Waals surface area contributed by atoms with Crippen molar-refractivity contribution in [3.63, 3.8) is 0 Å². The maximum atomic E-state index is 12.2. The molecule has 2 aliphatic rings. The third-order valence-corrected chi connectivity index (χ3v) is 6.01. The maximum Gasteiger partial charge on any atom is 0.299 e. The molecule has 1 saturated carbocycles. The molecule has 1 aromatic rings. The van der Waals surface area contributed by atoms with Gasteiger partial charge in [0.15, 0.2) is 0 Å². The van der Waals surface area contributed by atoms with E-state index in [4.69, 9.17) is 9.84 Å². The number of nitrogens with zero attached hydrogens (tertiary/aromatic N) is 1. The highest BCUT2D eigenvalue weighted by atomic mass is 32.2. The van der Waals surface area contributed by atoms with Gasteiger partial charge in [0, 0.05) is 6.61 Å². The van der Waals surface area contributed by atoms with Gasteiger partial charge in [0.05, 0.1) is 6.04 Å². The van der Waals surface area contributed by atoms with Crippen molar-refractivity contribution >= 4 is 16.0 Å². The van der Waals surface area contributed by atoms with E-state index in [2.05, 4.69) is 9.71 Å². The Balaban J connectivity index is 1.87. The van der Waals surface area contributed by atoms with Crippen LogP contribution >= 0.6 is 0 Å². The molecule has 1 aliphatic heterocycles. The lowest BCUT2D eigenvalue weighted by Gasteiger charge is -2.35. The van der Waals surface area contributed by atoms with Crippen molar-refractivity contribution in [2.24, 2.45) is 4.99 Å². The minimum atomic E-state index is -3.43. The van der Waals surface area contributed by atoms with E-state index >= 15 is 0 Å². The average Bonchev–Trinajstić information content (AvgIpc) is 2.97. The average molecular weight is 352 g/mol. The molecule has 1 spiro atoms. The van der Waals surface area contributed by atoms with E-state index < -0.39 is 15.6 Å². The van der Waals surface area contributed by atoms with Crippen LogP contribution in [0, 0.1) is 0 Å². The zero-order valence-corrected chi connectivity index (χ0v) is 14.5. The molecule has 1 saturated heterocycles. The van der Waals surface area contributed by atoms with Gasteiger partial charge in [-0.1, -0.05) is 30.3 Å². The number of sulfonamides is 1. The monoisotopic (exact) mass is 352 g/mol. The molecule has 7 heteroatoms. The van der Waals surface area contributed by atoms with E-state index in [1.165, 1.54) is 0 Å². The third-order valence-electron chi connectivity index (χ3n) is 4.62. The molecule has 2 N–H and O–H groups in total. The molecule has 1 aromatic carbocycles. The summed E-state index contributed by atoms with van der Waals surface area (Å²) in [4.78, 5) is 4.55. The molecule has 24 heavy (non-hydrogen) atoms. The van der Waals surface area contributed by atoms with Gasteiger partial charge >= 0.3 is 0 Å². The molecule has 3 rings (SSSR count). The zero-order valence-electron chi connectivity index (χ0n) is 13.6. The molecule has 0 unspecified atom stereocenters. The lowest BCUT2D eigenvalue weighted by Crippen LogP contribution is -2.53. The minimum Gasteiger partial charge on any atom is -0.457 e. The molecular weight excluding hydrogens is 328 g/mol. The maximum absolute atomic E-state index is 12.2. The molecule has 0 aromatic heterocycles. The fourth-order valence-electron chi connectivity index (χ4n) is 3.50. The van der Waals surface area contributed by atoms with Crippen LogP contribution in [0.1, 0.15) is 50.1 Å². The van der Waals surface area contributed by atoms with Crippen LogP contribution in [-0.4, -0.2) is 37.5 Å². The Kier molecular flexibility index (Phi) is 5.10. The Morgan fingerprint density at radius 1 is 1.25 bits per heavy atom. The van der Waals surface area contributed by atoms with Crippen molar-refractivity contribution in [3.8, 4) is 0 Å². The van der Waals surface area contributed by atoms with Crippen LogP contribution < -0.4 is 4.72 Å². The Bertz CT molecular complexity index is 682. The molecule has 0 radical (unpaired) electrons. The first-order valence-corrected chi connectivity index (χ1v) is 10.1. The molecule has 0 amide bonds. The highest BCUT2D eigenvalue weighted by Crippen LogP contribution is 2.37. The van der Waals surface area contributed by atoms with Gasteiger partial charge in [-0.2, -0.15) is 0 Å². The number of aliphatic hydroxyl groups excluding tert-OH is 1. The van der Waals surface area contributed by atoms with Gasteiger partial charge in [-0.3, -0.25) is 0 Å². The van der Waals surface area contributed by atoms with Crippen molar-refractivity contribution in [2.75, 3.05) is 12.4 Å². The second kappa shape index (κ2) is 7.11. The van der Waals surface area contributed by atoms with Crippen molar-refractivity contribution in [1.29, 1.82) is 0 Å². The van der Waals surface area contributed by atoms with Crippen LogP contribution in [0.2, 0.25) is 0 Å². The van der Waals surface area contributed by atoms with Crippen LogP contribution in [0.3, 0.4) is 0 Å². The Morgan fingerprint density at radius 2 is 1.96 bits per heavy atom. The number of hydrogen-bond acceptors (Lipinski definition) is 5. The largest absolute Gasteiger partial charge is 0.457 e. The van der Waals surface area contributed by atoms with Crippen LogP contribution in [0.25, 0.3) is 0 Å². The van der Waals surface area contributed by atoms with E-state index in [-0.39, 0.29) is 24.4 Å². The van der Waals surface area contributed by atoms with Crippen LogP contribution in [-0.2, 0) is 14.8 Å². The highest BCUT2D eigenvalue weighted by Gasteiger charge is 2.45. The number of nitrogens with one attached hydrogen (secondary N) is 1. The standard InChI is InChI=1S/C17H24N2O4S/c20-12-6-9-15(14-7-2-1-3-8-14)18-16-19-24(21,22)13-17(23-16)10-4-5-11-17/h1-3,7-8,15,20H,4-6,9-13H2,(H,18,19)/t15-/m0/s1. The van der Waals surface area contributed by atoms with Gasteiger partial charge in [-0.05, 0) is 44.1 Å².